The molecule has 24 heavy (non-hydrogen) atoms. The van der Waals surface area contributed by atoms with E-state index in [1.165, 1.54) is 0 Å². The van der Waals surface area contributed by atoms with Gasteiger partial charge in [0.1, 0.15) is 0 Å². The second kappa shape index (κ2) is 4.18. The zero-order valence-electron chi connectivity index (χ0n) is 14.3. The number of benzene rings is 2. The summed E-state index contributed by atoms with van der Waals surface area (Å²) in [5, 5.41) is 40.0. The van der Waals surface area contributed by atoms with E-state index in [1.54, 1.807) is 24.3 Å². The zero-order valence-corrected chi connectivity index (χ0v) is 14.3. The highest BCUT2D eigenvalue weighted by Crippen LogP contribution is 2.68. The SMILES string of the molecule is CC1(C)c2cc(O)c(O)cc2C2C1c1cc(O)c(O)cc1C2(C)C. The van der Waals surface area contributed by atoms with Crippen LogP contribution in [0.2, 0.25) is 0 Å². The summed E-state index contributed by atoms with van der Waals surface area (Å²) in [4.78, 5) is 0. The summed E-state index contributed by atoms with van der Waals surface area (Å²) in [6.07, 6.45) is 0. The molecule has 2 aromatic rings. The summed E-state index contributed by atoms with van der Waals surface area (Å²) in [6.45, 7) is 8.51. The van der Waals surface area contributed by atoms with Crippen molar-refractivity contribution in [1.29, 1.82) is 0 Å². The summed E-state index contributed by atoms with van der Waals surface area (Å²) < 4.78 is 0. The van der Waals surface area contributed by atoms with Crippen molar-refractivity contribution in [3.63, 3.8) is 0 Å². The van der Waals surface area contributed by atoms with Crippen LogP contribution in [0.4, 0.5) is 0 Å². The van der Waals surface area contributed by atoms with E-state index in [4.69, 9.17) is 0 Å². The zero-order chi connectivity index (χ0) is 17.6. The number of fused-ring (bicyclic) bond motifs is 5. The molecule has 2 aromatic carbocycles. The highest BCUT2D eigenvalue weighted by Gasteiger charge is 2.58. The molecule has 0 spiro atoms. The van der Waals surface area contributed by atoms with Crippen LogP contribution in [-0.2, 0) is 10.8 Å². The second-order valence-corrected chi connectivity index (χ2v) is 8.26. The van der Waals surface area contributed by atoms with E-state index in [0.717, 1.165) is 22.3 Å². The number of hydrogen-bond acceptors (Lipinski definition) is 4. The first-order valence-corrected chi connectivity index (χ1v) is 8.19. The molecule has 4 nitrogen and oxygen atoms in total. The minimum Gasteiger partial charge on any atom is -0.504 e. The molecule has 2 aliphatic carbocycles. The first kappa shape index (κ1) is 15.2. The fourth-order valence-corrected chi connectivity index (χ4v) is 5.12. The second-order valence-electron chi connectivity index (χ2n) is 8.26. The molecule has 2 unspecified atom stereocenters. The van der Waals surface area contributed by atoms with Crippen molar-refractivity contribution in [2.45, 2.75) is 50.4 Å². The number of phenolic OH excluding ortho intramolecular Hbond substituents is 4. The van der Waals surface area contributed by atoms with Gasteiger partial charge in [-0.2, -0.15) is 0 Å². The molecule has 2 aliphatic rings. The van der Waals surface area contributed by atoms with Gasteiger partial charge >= 0.3 is 0 Å². The smallest absolute Gasteiger partial charge is 0.157 e. The Balaban J connectivity index is 2.05. The summed E-state index contributed by atoms with van der Waals surface area (Å²) in [7, 11) is 0. The molecule has 0 amide bonds. The number of phenols is 4. The van der Waals surface area contributed by atoms with Gasteiger partial charge in [0.05, 0.1) is 0 Å². The number of hydrogen-bond donors (Lipinski definition) is 4. The van der Waals surface area contributed by atoms with Gasteiger partial charge < -0.3 is 20.4 Å². The van der Waals surface area contributed by atoms with E-state index < -0.39 is 0 Å². The lowest BCUT2D eigenvalue weighted by Gasteiger charge is -2.31. The van der Waals surface area contributed by atoms with E-state index in [-0.39, 0.29) is 45.7 Å². The molecule has 0 fully saturated rings. The van der Waals surface area contributed by atoms with Crippen molar-refractivity contribution in [1.82, 2.24) is 0 Å². The van der Waals surface area contributed by atoms with Crippen LogP contribution in [0.1, 0.15) is 61.8 Å². The first-order chi connectivity index (χ1) is 11.1. The minimum atomic E-state index is -0.267. The minimum absolute atomic E-state index is 0.102. The lowest BCUT2D eigenvalue weighted by molar-refractivity contribution is 0.348. The maximum absolute atomic E-state index is 10.0. The average molecular weight is 326 g/mol. The van der Waals surface area contributed by atoms with Crippen LogP contribution in [0.25, 0.3) is 0 Å². The third-order valence-electron chi connectivity index (χ3n) is 6.24. The molecule has 4 heteroatoms. The van der Waals surface area contributed by atoms with E-state index in [9.17, 15) is 20.4 Å². The fraction of sp³-hybridized carbons (Fsp3) is 0.400. The number of rotatable bonds is 0. The van der Waals surface area contributed by atoms with Crippen LogP contribution in [0.5, 0.6) is 23.0 Å². The van der Waals surface area contributed by atoms with Crippen molar-refractivity contribution in [2.24, 2.45) is 0 Å². The van der Waals surface area contributed by atoms with Gasteiger partial charge in [-0.1, -0.05) is 27.7 Å². The molecule has 2 atom stereocenters. The molecule has 126 valence electrons. The molecular weight excluding hydrogens is 304 g/mol. The monoisotopic (exact) mass is 326 g/mol. The summed E-state index contributed by atoms with van der Waals surface area (Å²) in [5.41, 5.74) is 3.58. The van der Waals surface area contributed by atoms with Crippen molar-refractivity contribution >= 4 is 0 Å². The fourth-order valence-electron chi connectivity index (χ4n) is 5.12. The predicted octanol–water partition coefficient (Wildman–Crippen LogP) is 3.96. The Kier molecular flexibility index (Phi) is 2.64. The summed E-state index contributed by atoms with van der Waals surface area (Å²) in [5.74, 6) is -0.220. The van der Waals surface area contributed by atoms with Gasteiger partial charge in [-0.05, 0) is 57.3 Å². The topological polar surface area (TPSA) is 80.9 Å². The Morgan fingerprint density at radius 1 is 0.583 bits per heavy atom. The Morgan fingerprint density at radius 3 is 1.21 bits per heavy atom. The Hall–Kier alpha value is -2.36. The van der Waals surface area contributed by atoms with Crippen LogP contribution in [0.15, 0.2) is 24.3 Å². The molecule has 0 aliphatic heterocycles. The van der Waals surface area contributed by atoms with Crippen LogP contribution in [-0.4, -0.2) is 20.4 Å². The van der Waals surface area contributed by atoms with E-state index in [2.05, 4.69) is 27.7 Å². The normalized spacial score (nSPS) is 25.2. The van der Waals surface area contributed by atoms with Crippen LogP contribution >= 0.6 is 0 Å². The highest BCUT2D eigenvalue weighted by atomic mass is 16.3. The van der Waals surface area contributed by atoms with E-state index in [0.29, 0.717) is 0 Å². The van der Waals surface area contributed by atoms with Crippen molar-refractivity contribution in [3.8, 4) is 23.0 Å². The lowest BCUT2D eigenvalue weighted by atomic mass is 9.72. The van der Waals surface area contributed by atoms with Gasteiger partial charge in [-0.25, -0.2) is 0 Å². The largest absolute Gasteiger partial charge is 0.504 e. The molecule has 0 radical (unpaired) electrons. The van der Waals surface area contributed by atoms with Crippen molar-refractivity contribution < 1.29 is 20.4 Å². The number of aromatic hydroxyl groups is 4. The van der Waals surface area contributed by atoms with Crippen molar-refractivity contribution in [3.05, 3.63) is 46.5 Å². The maximum Gasteiger partial charge on any atom is 0.157 e. The Labute approximate surface area is 141 Å². The lowest BCUT2D eigenvalue weighted by Crippen LogP contribution is -2.25. The van der Waals surface area contributed by atoms with Crippen LogP contribution in [0, 0.1) is 0 Å². The molecule has 4 N–H and O–H groups in total. The van der Waals surface area contributed by atoms with Crippen molar-refractivity contribution in [2.75, 3.05) is 0 Å². The van der Waals surface area contributed by atoms with E-state index in [1.807, 2.05) is 0 Å². The molecule has 0 saturated carbocycles. The quantitative estimate of drug-likeness (QED) is 0.552. The molecule has 0 bridgehead atoms. The van der Waals surface area contributed by atoms with Gasteiger partial charge in [0, 0.05) is 11.8 Å². The Morgan fingerprint density at radius 2 is 0.875 bits per heavy atom. The van der Waals surface area contributed by atoms with Crippen LogP contribution in [0.3, 0.4) is 0 Å². The van der Waals surface area contributed by atoms with Gasteiger partial charge in [-0.15, -0.1) is 0 Å². The first-order valence-electron chi connectivity index (χ1n) is 8.19. The third kappa shape index (κ3) is 1.58. The predicted molar refractivity (Wildman–Crippen MR) is 91.1 cm³/mol. The molecule has 0 saturated heterocycles. The summed E-state index contributed by atoms with van der Waals surface area (Å²) in [6, 6.07) is 6.67. The Bertz CT molecular complexity index is 806. The molecule has 0 aromatic heterocycles. The maximum atomic E-state index is 10.0. The molecule has 4 rings (SSSR count). The van der Waals surface area contributed by atoms with Gasteiger partial charge in [-0.3, -0.25) is 0 Å². The standard InChI is InChI=1S/C20H22O4/c1-19(2)11-7-15(23)13(21)5-9(11)18-17(19)10-6-14(22)16(24)8-12(10)20(18,3)4/h5-8,17-18,21-24H,1-4H3. The van der Waals surface area contributed by atoms with E-state index >= 15 is 0 Å². The van der Waals surface area contributed by atoms with Gasteiger partial charge in [0.2, 0.25) is 0 Å². The van der Waals surface area contributed by atoms with Crippen LogP contribution < -0.4 is 0 Å². The average Bonchev–Trinajstić information content (AvgIpc) is 2.83. The van der Waals surface area contributed by atoms with Gasteiger partial charge in [0.25, 0.3) is 0 Å². The summed E-state index contributed by atoms with van der Waals surface area (Å²) >= 11 is 0. The van der Waals surface area contributed by atoms with Gasteiger partial charge in [0.15, 0.2) is 23.0 Å². The third-order valence-corrected chi connectivity index (χ3v) is 6.24. The highest BCUT2D eigenvalue weighted by molar-refractivity contribution is 5.64. The molecular formula is C20H22O4. The molecule has 0 heterocycles.